The second kappa shape index (κ2) is 5.22. The van der Waals surface area contributed by atoms with E-state index in [-0.39, 0.29) is 10.6 Å². The average Bonchev–Trinajstić information content (AvgIpc) is 2.33. The van der Waals surface area contributed by atoms with Gasteiger partial charge < -0.3 is 5.11 Å². The molecule has 2 rings (SSSR count). The fourth-order valence-corrected chi connectivity index (χ4v) is 3.34. The van der Waals surface area contributed by atoms with Crippen molar-refractivity contribution in [1.82, 2.24) is 0 Å². The van der Waals surface area contributed by atoms with Gasteiger partial charge in [0, 0.05) is 4.47 Å². The Bertz CT molecular complexity index is 696. The Labute approximate surface area is 120 Å². The van der Waals surface area contributed by atoms with E-state index in [1.54, 1.807) is 6.07 Å². The Morgan fingerprint density at radius 3 is 2.32 bits per heavy atom. The molecule has 0 aliphatic heterocycles. The van der Waals surface area contributed by atoms with Crippen LogP contribution in [0.2, 0.25) is 0 Å². The van der Waals surface area contributed by atoms with E-state index in [0.717, 1.165) is 5.56 Å². The number of hydrogen-bond donors (Lipinski definition) is 2. The van der Waals surface area contributed by atoms with E-state index >= 15 is 0 Å². The van der Waals surface area contributed by atoms with E-state index in [1.165, 1.54) is 24.3 Å². The zero-order chi connectivity index (χ0) is 14.0. The third kappa shape index (κ3) is 3.27. The average molecular weight is 342 g/mol. The standard InChI is InChI=1S/C13H12BrNO3S/c1-9-2-7-13(12(14)8-9)15-19(17,18)11-5-3-10(16)4-6-11/h2-8,15-16H,1H3. The van der Waals surface area contributed by atoms with Crippen LogP contribution in [0.1, 0.15) is 5.56 Å². The van der Waals surface area contributed by atoms with E-state index in [0.29, 0.717) is 10.2 Å². The van der Waals surface area contributed by atoms with Crippen LogP contribution in [0.5, 0.6) is 5.75 Å². The van der Waals surface area contributed by atoms with Crippen molar-refractivity contribution in [1.29, 1.82) is 0 Å². The van der Waals surface area contributed by atoms with E-state index < -0.39 is 10.0 Å². The van der Waals surface area contributed by atoms with Gasteiger partial charge in [0.1, 0.15) is 5.75 Å². The van der Waals surface area contributed by atoms with Crippen molar-refractivity contribution in [2.75, 3.05) is 4.72 Å². The van der Waals surface area contributed by atoms with Crippen LogP contribution in [0.25, 0.3) is 0 Å². The summed E-state index contributed by atoms with van der Waals surface area (Å²) in [6, 6.07) is 10.7. The third-order valence-corrected chi connectivity index (χ3v) is 4.55. The molecule has 0 atom stereocenters. The number of phenolic OH excluding ortho intramolecular Hbond substituents is 1. The molecule has 0 spiro atoms. The maximum absolute atomic E-state index is 12.1. The summed E-state index contributed by atoms with van der Waals surface area (Å²) in [6.07, 6.45) is 0. The van der Waals surface area contributed by atoms with Crippen molar-refractivity contribution in [2.45, 2.75) is 11.8 Å². The lowest BCUT2D eigenvalue weighted by Crippen LogP contribution is -2.13. The summed E-state index contributed by atoms with van der Waals surface area (Å²) in [6.45, 7) is 1.92. The van der Waals surface area contributed by atoms with Gasteiger partial charge in [-0.3, -0.25) is 4.72 Å². The number of hydrogen-bond acceptors (Lipinski definition) is 3. The van der Waals surface area contributed by atoms with E-state index in [9.17, 15) is 8.42 Å². The fourth-order valence-electron chi connectivity index (χ4n) is 1.53. The summed E-state index contributed by atoms with van der Waals surface area (Å²) in [5.74, 6) is 0.0236. The van der Waals surface area contributed by atoms with Crippen LogP contribution in [-0.2, 0) is 10.0 Å². The largest absolute Gasteiger partial charge is 0.508 e. The second-order valence-electron chi connectivity index (χ2n) is 4.08. The molecule has 6 heteroatoms. The summed E-state index contributed by atoms with van der Waals surface area (Å²) < 4.78 is 27.4. The summed E-state index contributed by atoms with van der Waals surface area (Å²) >= 11 is 3.32. The zero-order valence-electron chi connectivity index (χ0n) is 10.1. The van der Waals surface area contributed by atoms with Crippen molar-refractivity contribution in [3.63, 3.8) is 0 Å². The second-order valence-corrected chi connectivity index (χ2v) is 6.62. The van der Waals surface area contributed by atoms with Gasteiger partial charge in [0.25, 0.3) is 10.0 Å². The molecular weight excluding hydrogens is 330 g/mol. The molecule has 19 heavy (non-hydrogen) atoms. The normalized spacial score (nSPS) is 11.3. The Morgan fingerprint density at radius 2 is 1.74 bits per heavy atom. The van der Waals surface area contributed by atoms with E-state index in [4.69, 9.17) is 5.11 Å². The number of rotatable bonds is 3. The van der Waals surface area contributed by atoms with Crippen LogP contribution in [0.3, 0.4) is 0 Å². The topological polar surface area (TPSA) is 66.4 Å². The van der Waals surface area contributed by atoms with Crippen LogP contribution in [-0.4, -0.2) is 13.5 Å². The highest BCUT2D eigenvalue weighted by Gasteiger charge is 2.15. The van der Waals surface area contributed by atoms with Crippen molar-refractivity contribution in [3.8, 4) is 5.75 Å². The van der Waals surface area contributed by atoms with Gasteiger partial charge in [0.05, 0.1) is 10.6 Å². The Balaban J connectivity index is 2.33. The Kier molecular flexibility index (Phi) is 3.82. The highest BCUT2D eigenvalue weighted by atomic mass is 79.9. The maximum atomic E-state index is 12.1. The lowest BCUT2D eigenvalue weighted by atomic mass is 10.2. The van der Waals surface area contributed by atoms with Gasteiger partial charge in [0.15, 0.2) is 0 Å². The number of sulfonamides is 1. The summed E-state index contributed by atoms with van der Waals surface area (Å²) in [5.41, 5.74) is 1.50. The number of anilines is 1. The number of benzene rings is 2. The molecule has 0 unspecified atom stereocenters. The van der Waals surface area contributed by atoms with Gasteiger partial charge in [-0.1, -0.05) is 6.07 Å². The zero-order valence-corrected chi connectivity index (χ0v) is 12.5. The third-order valence-electron chi connectivity index (χ3n) is 2.52. The van der Waals surface area contributed by atoms with Gasteiger partial charge in [-0.05, 0) is 64.8 Å². The van der Waals surface area contributed by atoms with Crippen molar-refractivity contribution >= 4 is 31.6 Å². The molecular formula is C13H12BrNO3S. The molecule has 0 bridgehead atoms. The van der Waals surface area contributed by atoms with Crippen molar-refractivity contribution < 1.29 is 13.5 Å². The SMILES string of the molecule is Cc1ccc(NS(=O)(=O)c2ccc(O)cc2)c(Br)c1. The molecule has 0 amide bonds. The van der Waals surface area contributed by atoms with Gasteiger partial charge >= 0.3 is 0 Å². The number of aromatic hydroxyl groups is 1. The molecule has 0 saturated heterocycles. The minimum atomic E-state index is -3.66. The Morgan fingerprint density at radius 1 is 1.11 bits per heavy atom. The van der Waals surface area contributed by atoms with Crippen LogP contribution >= 0.6 is 15.9 Å². The summed E-state index contributed by atoms with van der Waals surface area (Å²) in [7, 11) is -3.66. The van der Waals surface area contributed by atoms with E-state index in [2.05, 4.69) is 20.7 Å². The molecule has 0 fully saturated rings. The molecule has 2 N–H and O–H groups in total. The van der Waals surface area contributed by atoms with Crippen LogP contribution in [0, 0.1) is 6.92 Å². The van der Waals surface area contributed by atoms with E-state index in [1.807, 2.05) is 19.1 Å². The first-order valence-electron chi connectivity index (χ1n) is 5.46. The molecule has 0 aliphatic carbocycles. The molecule has 0 aromatic heterocycles. The molecule has 0 aliphatic rings. The predicted molar refractivity (Wildman–Crippen MR) is 77.8 cm³/mol. The molecule has 4 nitrogen and oxygen atoms in total. The van der Waals surface area contributed by atoms with Crippen LogP contribution in [0.4, 0.5) is 5.69 Å². The molecule has 2 aromatic rings. The van der Waals surface area contributed by atoms with Gasteiger partial charge in [-0.25, -0.2) is 8.42 Å². The molecule has 100 valence electrons. The molecule has 2 aromatic carbocycles. The van der Waals surface area contributed by atoms with Crippen LogP contribution < -0.4 is 4.72 Å². The number of phenols is 1. The first-order valence-corrected chi connectivity index (χ1v) is 7.74. The fraction of sp³-hybridized carbons (Fsp3) is 0.0769. The van der Waals surface area contributed by atoms with Crippen molar-refractivity contribution in [3.05, 3.63) is 52.5 Å². The van der Waals surface area contributed by atoms with Crippen LogP contribution in [0.15, 0.2) is 51.8 Å². The van der Waals surface area contributed by atoms with Gasteiger partial charge in [-0.2, -0.15) is 0 Å². The number of nitrogens with one attached hydrogen (secondary N) is 1. The number of halogens is 1. The molecule has 0 heterocycles. The summed E-state index contributed by atoms with van der Waals surface area (Å²) in [5, 5.41) is 9.16. The summed E-state index contributed by atoms with van der Waals surface area (Å²) in [4.78, 5) is 0.0952. The minimum Gasteiger partial charge on any atom is -0.508 e. The monoisotopic (exact) mass is 341 g/mol. The highest BCUT2D eigenvalue weighted by Crippen LogP contribution is 2.26. The molecule has 0 saturated carbocycles. The lowest BCUT2D eigenvalue weighted by molar-refractivity contribution is 0.475. The quantitative estimate of drug-likeness (QED) is 0.900. The lowest BCUT2D eigenvalue weighted by Gasteiger charge is -2.10. The number of aryl methyl sites for hydroxylation is 1. The predicted octanol–water partition coefficient (Wildman–Crippen LogP) is 3.26. The van der Waals surface area contributed by atoms with Gasteiger partial charge in [0.2, 0.25) is 0 Å². The minimum absolute atomic E-state index is 0.0236. The van der Waals surface area contributed by atoms with Crippen molar-refractivity contribution in [2.24, 2.45) is 0 Å². The smallest absolute Gasteiger partial charge is 0.261 e. The first-order chi connectivity index (χ1) is 8.88. The molecule has 0 radical (unpaired) electrons. The Hall–Kier alpha value is -1.53. The highest BCUT2D eigenvalue weighted by molar-refractivity contribution is 9.10. The maximum Gasteiger partial charge on any atom is 0.261 e. The van der Waals surface area contributed by atoms with Gasteiger partial charge in [-0.15, -0.1) is 0 Å². The first kappa shape index (κ1) is 13.9.